The molecule has 0 radical (unpaired) electrons. The fourth-order valence-electron chi connectivity index (χ4n) is 2.48. The molecular weight excluding hydrogens is 310 g/mol. The molecule has 1 aliphatic heterocycles. The third-order valence-corrected chi connectivity index (χ3v) is 4.63. The van der Waals surface area contributed by atoms with Gasteiger partial charge in [0.25, 0.3) is 0 Å². The number of halogens is 1. The maximum absolute atomic E-state index is 5.96. The number of hydrogen-bond acceptors (Lipinski definition) is 6. The standard InChI is InChI=1S/C12H12ClN7S/c13-11-16-9-8(14-6-15-9)10(17-11)21-12-19-18-7-4-2-1-3-5-20(7)12/h6H,1-5H2,(H,14,15,16,17). The Morgan fingerprint density at radius 1 is 1.19 bits per heavy atom. The average Bonchev–Trinajstić information content (AvgIpc) is 3.00. The lowest BCUT2D eigenvalue weighted by atomic mass is 10.2. The molecule has 0 aliphatic carbocycles. The highest BCUT2D eigenvalue weighted by Gasteiger charge is 2.18. The Balaban J connectivity index is 1.75. The molecule has 9 heteroatoms. The van der Waals surface area contributed by atoms with Crippen molar-refractivity contribution >= 4 is 34.5 Å². The first-order valence-corrected chi connectivity index (χ1v) is 7.97. The molecule has 1 N–H and O–H groups in total. The molecule has 21 heavy (non-hydrogen) atoms. The SMILES string of the molecule is Clc1nc(Sc2nnc3n2CCCCC3)c2[nH]cnc2n1. The third-order valence-electron chi connectivity index (χ3n) is 3.49. The summed E-state index contributed by atoms with van der Waals surface area (Å²) in [5.74, 6) is 1.05. The van der Waals surface area contributed by atoms with Crippen molar-refractivity contribution in [3.8, 4) is 0 Å². The average molecular weight is 322 g/mol. The van der Waals surface area contributed by atoms with Crippen LogP contribution in [0.2, 0.25) is 5.28 Å². The summed E-state index contributed by atoms with van der Waals surface area (Å²) < 4.78 is 2.18. The van der Waals surface area contributed by atoms with Gasteiger partial charge in [-0.15, -0.1) is 10.2 Å². The number of fused-ring (bicyclic) bond motifs is 2. The fourth-order valence-corrected chi connectivity index (χ4v) is 3.64. The second-order valence-electron chi connectivity index (χ2n) is 4.86. The molecule has 0 amide bonds. The van der Waals surface area contributed by atoms with E-state index in [-0.39, 0.29) is 5.28 Å². The number of aryl methyl sites for hydroxylation is 1. The van der Waals surface area contributed by atoms with Crippen molar-refractivity contribution in [1.29, 1.82) is 0 Å². The van der Waals surface area contributed by atoms with E-state index in [9.17, 15) is 0 Å². The summed E-state index contributed by atoms with van der Waals surface area (Å²) >= 11 is 7.41. The van der Waals surface area contributed by atoms with Gasteiger partial charge < -0.3 is 9.55 Å². The topological polar surface area (TPSA) is 85.2 Å². The molecule has 0 atom stereocenters. The van der Waals surface area contributed by atoms with Crippen LogP contribution >= 0.6 is 23.4 Å². The summed E-state index contributed by atoms with van der Waals surface area (Å²) in [6.45, 7) is 0.954. The highest BCUT2D eigenvalue weighted by atomic mass is 35.5. The van der Waals surface area contributed by atoms with Crippen LogP contribution in [0, 0.1) is 0 Å². The maximum atomic E-state index is 5.96. The molecule has 0 saturated heterocycles. The highest BCUT2D eigenvalue weighted by molar-refractivity contribution is 7.99. The molecule has 0 unspecified atom stereocenters. The largest absolute Gasteiger partial charge is 0.341 e. The van der Waals surface area contributed by atoms with Crippen molar-refractivity contribution < 1.29 is 0 Å². The van der Waals surface area contributed by atoms with Crippen LogP contribution in [0.25, 0.3) is 11.2 Å². The smallest absolute Gasteiger partial charge is 0.225 e. The Kier molecular flexibility index (Phi) is 3.27. The zero-order chi connectivity index (χ0) is 14.2. The molecule has 7 nitrogen and oxygen atoms in total. The zero-order valence-corrected chi connectivity index (χ0v) is 12.7. The van der Waals surface area contributed by atoms with Crippen molar-refractivity contribution in [3.05, 3.63) is 17.4 Å². The van der Waals surface area contributed by atoms with Gasteiger partial charge in [-0.3, -0.25) is 0 Å². The van der Waals surface area contributed by atoms with Gasteiger partial charge in [0.05, 0.1) is 6.33 Å². The van der Waals surface area contributed by atoms with Crippen LogP contribution in [-0.4, -0.2) is 34.7 Å². The number of imidazole rings is 1. The summed E-state index contributed by atoms with van der Waals surface area (Å²) in [5, 5.41) is 10.3. The predicted molar refractivity (Wildman–Crippen MR) is 78.4 cm³/mol. The van der Waals surface area contributed by atoms with Gasteiger partial charge in [-0.05, 0) is 36.2 Å². The van der Waals surface area contributed by atoms with Gasteiger partial charge in [-0.2, -0.15) is 4.98 Å². The van der Waals surface area contributed by atoms with Crippen LogP contribution in [0.15, 0.2) is 16.5 Å². The molecule has 0 spiro atoms. The van der Waals surface area contributed by atoms with E-state index in [2.05, 4.69) is 34.7 Å². The minimum absolute atomic E-state index is 0.188. The molecule has 3 aromatic rings. The van der Waals surface area contributed by atoms with Gasteiger partial charge in [-0.25, -0.2) is 9.97 Å². The first kappa shape index (κ1) is 13.0. The molecule has 0 bridgehead atoms. The van der Waals surface area contributed by atoms with E-state index in [0.29, 0.717) is 5.65 Å². The third kappa shape index (κ3) is 2.38. The first-order valence-electron chi connectivity index (χ1n) is 6.78. The lowest BCUT2D eigenvalue weighted by Gasteiger charge is -2.06. The fraction of sp³-hybridized carbons (Fsp3) is 0.417. The predicted octanol–water partition coefficient (Wildman–Crippen LogP) is 2.48. The number of rotatable bonds is 2. The van der Waals surface area contributed by atoms with Gasteiger partial charge in [0.1, 0.15) is 16.4 Å². The molecule has 4 heterocycles. The first-order chi connectivity index (χ1) is 10.3. The summed E-state index contributed by atoms with van der Waals surface area (Å²) in [6.07, 6.45) is 6.13. The number of aromatic amines is 1. The van der Waals surface area contributed by atoms with E-state index >= 15 is 0 Å². The van der Waals surface area contributed by atoms with Gasteiger partial charge in [-0.1, -0.05) is 6.42 Å². The van der Waals surface area contributed by atoms with E-state index in [1.165, 1.54) is 24.6 Å². The molecule has 4 rings (SSSR count). The van der Waals surface area contributed by atoms with Gasteiger partial charge in [0, 0.05) is 13.0 Å². The lowest BCUT2D eigenvalue weighted by Crippen LogP contribution is -2.02. The Bertz CT molecular complexity index is 796. The number of nitrogens with zero attached hydrogens (tertiary/aromatic N) is 6. The van der Waals surface area contributed by atoms with Crippen molar-refractivity contribution in [2.45, 2.75) is 42.4 Å². The van der Waals surface area contributed by atoms with Gasteiger partial charge in [0.2, 0.25) is 5.28 Å². The van der Waals surface area contributed by atoms with Crippen molar-refractivity contribution in [1.82, 2.24) is 34.7 Å². The quantitative estimate of drug-likeness (QED) is 0.576. The number of nitrogens with one attached hydrogen (secondary N) is 1. The minimum atomic E-state index is 0.188. The summed E-state index contributed by atoms with van der Waals surface area (Å²) in [5.41, 5.74) is 1.34. The summed E-state index contributed by atoms with van der Waals surface area (Å²) in [6, 6.07) is 0. The second kappa shape index (κ2) is 5.27. The van der Waals surface area contributed by atoms with Crippen LogP contribution in [0.3, 0.4) is 0 Å². The Morgan fingerprint density at radius 3 is 3.10 bits per heavy atom. The van der Waals surface area contributed by atoms with Gasteiger partial charge >= 0.3 is 0 Å². The molecule has 3 aromatic heterocycles. The van der Waals surface area contributed by atoms with E-state index in [1.807, 2.05) is 0 Å². The van der Waals surface area contributed by atoms with E-state index in [0.717, 1.165) is 40.9 Å². The molecular formula is C12H12ClN7S. The monoisotopic (exact) mass is 321 g/mol. The second-order valence-corrected chi connectivity index (χ2v) is 6.16. The minimum Gasteiger partial charge on any atom is -0.341 e. The number of aromatic nitrogens is 7. The molecule has 1 aliphatic rings. The molecule has 0 aromatic carbocycles. The Morgan fingerprint density at radius 2 is 2.14 bits per heavy atom. The molecule has 0 fully saturated rings. The Hall–Kier alpha value is -1.67. The van der Waals surface area contributed by atoms with Crippen molar-refractivity contribution in [2.24, 2.45) is 0 Å². The Labute approximate surface area is 129 Å². The highest BCUT2D eigenvalue weighted by Crippen LogP contribution is 2.31. The van der Waals surface area contributed by atoms with Crippen LogP contribution < -0.4 is 0 Å². The summed E-state index contributed by atoms with van der Waals surface area (Å²) in [7, 11) is 0. The van der Waals surface area contributed by atoms with E-state index < -0.39 is 0 Å². The van der Waals surface area contributed by atoms with E-state index in [1.54, 1.807) is 6.33 Å². The lowest BCUT2D eigenvalue weighted by molar-refractivity contribution is 0.590. The van der Waals surface area contributed by atoms with Crippen molar-refractivity contribution in [2.75, 3.05) is 0 Å². The molecule has 108 valence electrons. The van der Waals surface area contributed by atoms with Crippen molar-refractivity contribution in [3.63, 3.8) is 0 Å². The number of hydrogen-bond donors (Lipinski definition) is 1. The van der Waals surface area contributed by atoms with Crippen LogP contribution in [0.5, 0.6) is 0 Å². The zero-order valence-electron chi connectivity index (χ0n) is 11.1. The normalized spacial score (nSPS) is 15.1. The van der Waals surface area contributed by atoms with Crippen LogP contribution in [0.1, 0.15) is 25.1 Å². The van der Waals surface area contributed by atoms with Gasteiger partial charge in [0.15, 0.2) is 10.8 Å². The summed E-state index contributed by atoms with van der Waals surface area (Å²) in [4.78, 5) is 15.5. The molecule has 0 saturated carbocycles. The maximum Gasteiger partial charge on any atom is 0.225 e. The van der Waals surface area contributed by atoms with E-state index in [4.69, 9.17) is 11.6 Å². The van der Waals surface area contributed by atoms with Crippen LogP contribution in [0.4, 0.5) is 0 Å². The number of H-pyrrole nitrogens is 1. The van der Waals surface area contributed by atoms with Crippen LogP contribution in [-0.2, 0) is 13.0 Å².